The molecule has 4 nitrogen and oxygen atoms in total. The monoisotopic (exact) mass is 297 g/mol. The minimum atomic E-state index is -3.17. The zero-order chi connectivity index (χ0) is 15.0. The number of hydrogen-bond donors (Lipinski definition) is 1. The molecule has 0 bridgehead atoms. The molecule has 0 heterocycles. The van der Waals surface area contributed by atoms with Gasteiger partial charge in [-0.15, -0.1) is 0 Å². The van der Waals surface area contributed by atoms with Gasteiger partial charge in [-0.2, -0.15) is 0 Å². The number of methoxy groups -OCH3 is 1. The second-order valence-corrected chi connectivity index (χ2v) is 7.90. The fourth-order valence-electron chi connectivity index (χ4n) is 3.01. The molecule has 0 unspecified atom stereocenters. The molecule has 20 heavy (non-hydrogen) atoms. The zero-order valence-corrected chi connectivity index (χ0v) is 13.1. The second-order valence-electron chi connectivity index (χ2n) is 5.49. The quantitative estimate of drug-likeness (QED) is 0.864. The Labute approximate surface area is 121 Å². The Hall–Kier alpha value is -0.910. The first-order valence-electron chi connectivity index (χ1n) is 6.99. The van der Waals surface area contributed by atoms with E-state index in [1.165, 1.54) is 5.56 Å². The molecule has 0 saturated heterocycles. The molecule has 112 valence electrons. The molecule has 5 heteroatoms. The van der Waals surface area contributed by atoms with Crippen LogP contribution >= 0.6 is 0 Å². The fourth-order valence-corrected chi connectivity index (χ4v) is 5.00. The molecule has 3 atom stereocenters. The van der Waals surface area contributed by atoms with Gasteiger partial charge in [-0.3, -0.25) is 0 Å². The minimum Gasteiger partial charge on any atom is -0.383 e. The molecule has 1 aromatic carbocycles. The van der Waals surface area contributed by atoms with Crippen molar-refractivity contribution in [2.45, 2.75) is 37.0 Å². The number of hydrogen-bond acceptors (Lipinski definition) is 4. The van der Waals surface area contributed by atoms with Crippen LogP contribution in [0.15, 0.2) is 24.3 Å². The van der Waals surface area contributed by atoms with E-state index in [2.05, 4.69) is 6.92 Å². The molecule has 0 amide bonds. The highest BCUT2D eigenvalue weighted by atomic mass is 32.2. The summed E-state index contributed by atoms with van der Waals surface area (Å²) in [5.74, 6) is -0.0533. The number of aryl methyl sites for hydroxylation is 1. The highest BCUT2D eigenvalue weighted by molar-refractivity contribution is 7.92. The van der Waals surface area contributed by atoms with Gasteiger partial charge in [-0.1, -0.05) is 38.1 Å². The van der Waals surface area contributed by atoms with Crippen LogP contribution in [0.1, 0.15) is 30.9 Å². The average molecular weight is 297 g/mol. The highest BCUT2D eigenvalue weighted by Crippen LogP contribution is 2.54. The molecule has 1 aliphatic carbocycles. The number of ether oxygens (including phenoxy) is 1. The molecule has 2 N–H and O–H groups in total. The van der Waals surface area contributed by atoms with Crippen molar-refractivity contribution in [3.05, 3.63) is 35.4 Å². The van der Waals surface area contributed by atoms with Gasteiger partial charge in [-0.25, -0.2) is 8.42 Å². The van der Waals surface area contributed by atoms with Crippen LogP contribution in [-0.2, 0) is 21.0 Å². The van der Waals surface area contributed by atoms with E-state index in [1.54, 1.807) is 14.0 Å². The lowest BCUT2D eigenvalue weighted by atomic mass is 10.0. The summed E-state index contributed by atoms with van der Waals surface area (Å²) in [6.07, 6.45) is 0.966. The van der Waals surface area contributed by atoms with Crippen molar-refractivity contribution in [1.29, 1.82) is 0 Å². The van der Waals surface area contributed by atoms with Crippen LogP contribution in [0, 0.1) is 0 Å². The summed E-state index contributed by atoms with van der Waals surface area (Å²) in [6, 6.07) is 8.06. The van der Waals surface area contributed by atoms with Gasteiger partial charge in [0, 0.05) is 18.8 Å². The van der Waals surface area contributed by atoms with E-state index >= 15 is 0 Å². The van der Waals surface area contributed by atoms with Crippen molar-refractivity contribution >= 4 is 9.84 Å². The predicted molar refractivity (Wildman–Crippen MR) is 80.6 cm³/mol. The molecular weight excluding hydrogens is 274 g/mol. The van der Waals surface area contributed by atoms with Crippen molar-refractivity contribution < 1.29 is 13.2 Å². The summed E-state index contributed by atoms with van der Waals surface area (Å²) in [7, 11) is -1.62. The van der Waals surface area contributed by atoms with Gasteiger partial charge in [-0.05, 0) is 17.5 Å². The van der Waals surface area contributed by atoms with Gasteiger partial charge < -0.3 is 10.5 Å². The van der Waals surface area contributed by atoms with E-state index in [1.807, 2.05) is 24.3 Å². The van der Waals surface area contributed by atoms with E-state index in [0.717, 1.165) is 12.0 Å². The molecule has 1 aromatic rings. The van der Waals surface area contributed by atoms with Gasteiger partial charge in [0.1, 0.15) is 0 Å². The van der Waals surface area contributed by atoms with Crippen LogP contribution in [0.3, 0.4) is 0 Å². The Kier molecular flexibility index (Phi) is 4.23. The first kappa shape index (κ1) is 15.5. The summed E-state index contributed by atoms with van der Waals surface area (Å²) in [5, 5.41) is -0.535. The predicted octanol–water partition coefficient (Wildman–Crippen LogP) is 1.49. The topological polar surface area (TPSA) is 69.4 Å². The smallest absolute Gasteiger partial charge is 0.155 e. The molecule has 0 spiro atoms. The maximum Gasteiger partial charge on any atom is 0.155 e. The Balaban J connectivity index is 2.33. The van der Waals surface area contributed by atoms with Crippen molar-refractivity contribution in [3.63, 3.8) is 0 Å². The largest absolute Gasteiger partial charge is 0.383 e. The van der Waals surface area contributed by atoms with Crippen LogP contribution in [0.4, 0.5) is 0 Å². The third kappa shape index (κ3) is 2.50. The van der Waals surface area contributed by atoms with E-state index in [0.29, 0.717) is 0 Å². The maximum atomic E-state index is 12.2. The first-order chi connectivity index (χ1) is 9.40. The highest BCUT2D eigenvalue weighted by Gasteiger charge is 2.68. The minimum absolute atomic E-state index is 0.115. The van der Waals surface area contributed by atoms with Gasteiger partial charge in [0.2, 0.25) is 0 Å². The van der Waals surface area contributed by atoms with Crippen molar-refractivity contribution in [3.8, 4) is 0 Å². The van der Waals surface area contributed by atoms with Crippen molar-refractivity contribution in [1.82, 2.24) is 0 Å². The number of sulfone groups is 1. The summed E-state index contributed by atoms with van der Waals surface area (Å²) in [4.78, 5) is 0. The normalized spacial score (nSPS) is 29.4. The summed E-state index contributed by atoms with van der Waals surface area (Å²) < 4.78 is 29.6. The van der Waals surface area contributed by atoms with E-state index < -0.39 is 20.6 Å². The Morgan fingerprint density at radius 2 is 1.85 bits per heavy atom. The standard InChI is InChI=1S/C15H23NO3S/c1-4-11-6-8-12(9-7-11)13-14(20(17,18)5-2)15(13,16)10-19-3/h6-9,13-14H,4-5,10,16H2,1-3H3/t13-,14-,15+/m1/s1. The Morgan fingerprint density at radius 3 is 2.30 bits per heavy atom. The molecule has 0 radical (unpaired) electrons. The lowest BCUT2D eigenvalue weighted by molar-refractivity contribution is 0.171. The molecule has 1 aliphatic rings. The fraction of sp³-hybridized carbons (Fsp3) is 0.600. The summed E-state index contributed by atoms with van der Waals surface area (Å²) in [5.41, 5.74) is 7.74. The molecule has 0 aromatic heterocycles. The number of nitrogens with two attached hydrogens (primary N) is 1. The van der Waals surface area contributed by atoms with Crippen LogP contribution in [0.25, 0.3) is 0 Å². The van der Waals surface area contributed by atoms with Gasteiger partial charge in [0.05, 0.1) is 17.4 Å². The maximum absolute atomic E-state index is 12.2. The van der Waals surface area contributed by atoms with Gasteiger partial charge >= 0.3 is 0 Å². The third-order valence-electron chi connectivity index (χ3n) is 4.23. The van der Waals surface area contributed by atoms with Crippen molar-refractivity contribution in [2.75, 3.05) is 19.5 Å². The average Bonchev–Trinajstić information content (AvgIpc) is 3.06. The van der Waals surface area contributed by atoms with Crippen molar-refractivity contribution in [2.24, 2.45) is 5.73 Å². The van der Waals surface area contributed by atoms with Gasteiger partial charge in [0.15, 0.2) is 9.84 Å². The number of rotatable bonds is 6. The Bertz CT molecular complexity index is 567. The first-order valence-corrected chi connectivity index (χ1v) is 8.70. The van der Waals surface area contributed by atoms with Crippen LogP contribution < -0.4 is 5.73 Å². The molecule has 2 rings (SSSR count). The van der Waals surface area contributed by atoms with Crippen LogP contribution in [0.2, 0.25) is 0 Å². The summed E-state index contributed by atoms with van der Waals surface area (Å²) >= 11 is 0. The van der Waals surface area contributed by atoms with Gasteiger partial charge in [0.25, 0.3) is 0 Å². The third-order valence-corrected chi connectivity index (χ3v) is 6.52. The van der Waals surface area contributed by atoms with Crippen LogP contribution in [-0.4, -0.2) is 38.7 Å². The molecule has 0 aliphatic heterocycles. The number of benzene rings is 1. The molecule has 1 fully saturated rings. The van der Waals surface area contributed by atoms with Crippen LogP contribution in [0.5, 0.6) is 0 Å². The Morgan fingerprint density at radius 1 is 1.25 bits per heavy atom. The summed E-state index contributed by atoms with van der Waals surface area (Å²) in [6.45, 7) is 4.02. The van der Waals surface area contributed by atoms with E-state index in [4.69, 9.17) is 10.5 Å². The second kappa shape index (κ2) is 5.47. The molecular formula is C15H23NO3S. The SMILES string of the molecule is CCc1ccc([C@@H]2[C@@H](S(=O)(=O)CC)[C@]2(N)COC)cc1. The lowest BCUT2D eigenvalue weighted by Gasteiger charge is -2.10. The molecule has 1 saturated carbocycles. The lowest BCUT2D eigenvalue weighted by Crippen LogP contribution is -2.36. The van der Waals surface area contributed by atoms with E-state index in [-0.39, 0.29) is 18.3 Å². The zero-order valence-electron chi connectivity index (χ0n) is 12.3. The van der Waals surface area contributed by atoms with E-state index in [9.17, 15) is 8.42 Å².